The first kappa shape index (κ1) is 10.2. The predicted molar refractivity (Wildman–Crippen MR) is 57.1 cm³/mol. The number of carbonyl (C=O) groups is 1. The van der Waals surface area contributed by atoms with Crippen molar-refractivity contribution in [1.29, 1.82) is 0 Å². The van der Waals surface area contributed by atoms with Crippen molar-refractivity contribution in [3.63, 3.8) is 0 Å². The van der Waals surface area contributed by atoms with E-state index < -0.39 is 5.97 Å². The predicted octanol–water partition coefficient (Wildman–Crippen LogP) is 0.477. The van der Waals surface area contributed by atoms with Crippen LogP contribution in [0.3, 0.4) is 0 Å². The smallest absolute Gasteiger partial charge is 0.309 e. The molecule has 0 atom stereocenters. The van der Waals surface area contributed by atoms with Crippen molar-refractivity contribution >= 4 is 11.7 Å². The molecule has 3 N–H and O–H groups in total. The van der Waals surface area contributed by atoms with Gasteiger partial charge in [-0.15, -0.1) is 0 Å². The molecule has 0 unspecified atom stereocenters. The van der Waals surface area contributed by atoms with Crippen LogP contribution in [0, 0.1) is 0 Å². The molecule has 1 heterocycles. The van der Waals surface area contributed by atoms with Gasteiger partial charge in [0, 0.05) is 5.69 Å². The van der Waals surface area contributed by atoms with Gasteiger partial charge in [-0.25, -0.2) is 0 Å². The third-order valence-electron chi connectivity index (χ3n) is 1.97. The molecule has 6 nitrogen and oxygen atoms in total. The fourth-order valence-electron chi connectivity index (χ4n) is 1.30. The van der Waals surface area contributed by atoms with Crippen LogP contribution in [0.15, 0.2) is 30.5 Å². The fraction of sp³-hybridized carbons (Fsp3) is 0.100. The van der Waals surface area contributed by atoms with E-state index in [9.17, 15) is 4.79 Å². The summed E-state index contributed by atoms with van der Waals surface area (Å²) in [5.41, 5.74) is 7.34. The lowest BCUT2D eigenvalue weighted by molar-refractivity contribution is -0.136. The summed E-state index contributed by atoms with van der Waals surface area (Å²) in [6, 6.07) is 7.04. The van der Waals surface area contributed by atoms with E-state index in [0.717, 1.165) is 0 Å². The van der Waals surface area contributed by atoms with E-state index >= 15 is 0 Å². The average molecular weight is 218 g/mol. The van der Waals surface area contributed by atoms with Crippen LogP contribution in [0.1, 0.15) is 5.69 Å². The Hall–Kier alpha value is -2.37. The second kappa shape index (κ2) is 4.01. The number of aliphatic carboxylic acids is 1. The Morgan fingerprint density at radius 3 is 3.00 bits per heavy atom. The molecule has 0 saturated heterocycles. The van der Waals surface area contributed by atoms with Crippen molar-refractivity contribution in [2.75, 3.05) is 5.73 Å². The van der Waals surface area contributed by atoms with Crippen LogP contribution in [0.2, 0.25) is 0 Å². The van der Waals surface area contributed by atoms with Gasteiger partial charge in [-0.2, -0.15) is 15.0 Å². The van der Waals surface area contributed by atoms with Gasteiger partial charge < -0.3 is 10.8 Å². The summed E-state index contributed by atoms with van der Waals surface area (Å²) in [7, 11) is 0. The van der Waals surface area contributed by atoms with E-state index in [0.29, 0.717) is 17.1 Å². The van der Waals surface area contributed by atoms with E-state index in [1.165, 1.54) is 11.0 Å². The Kier molecular flexibility index (Phi) is 2.55. The number of hydrogen-bond donors (Lipinski definition) is 2. The maximum Gasteiger partial charge on any atom is 0.309 e. The Balaban J connectivity index is 2.28. The number of anilines is 1. The van der Waals surface area contributed by atoms with E-state index in [2.05, 4.69) is 10.2 Å². The summed E-state index contributed by atoms with van der Waals surface area (Å²) in [6.07, 6.45) is 1.29. The van der Waals surface area contributed by atoms with Crippen molar-refractivity contribution in [2.24, 2.45) is 0 Å². The molecule has 0 fully saturated rings. The van der Waals surface area contributed by atoms with Gasteiger partial charge in [0.15, 0.2) is 0 Å². The first-order chi connectivity index (χ1) is 7.65. The second-order valence-corrected chi connectivity index (χ2v) is 3.29. The van der Waals surface area contributed by atoms with Crippen LogP contribution in [0.25, 0.3) is 5.69 Å². The van der Waals surface area contributed by atoms with Gasteiger partial charge in [0.2, 0.25) is 0 Å². The molecule has 82 valence electrons. The molecule has 0 aliphatic heterocycles. The lowest BCUT2D eigenvalue weighted by Gasteiger charge is -1.99. The van der Waals surface area contributed by atoms with Crippen molar-refractivity contribution in [3.05, 3.63) is 36.2 Å². The number of carboxylic acids is 1. The number of nitrogen functional groups attached to an aromatic ring is 1. The molecule has 0 aliphatic carbocycles. The Labute approximate surface area is 91.3 Å². The van der Waals surface area contributed by atoms with Gasteiger partial charge in [-0.3, -0.25) is 4.79 Å². The number of carboxylic acid groups (broad SMARTS) is 1. The highest BCUT2D eigenvalue weighted by molar-refractivity contribution is 5.69. The van der Waals surface area contributed by atoms with Gasteiger partial charge in [0.05, 0.1) is 24.0 Å². The van der Waals surface area contributed by atoms with Crippen LogP contribution in [0.5, 0.6) is 0 Å². The van der Waals surface area contributed by atoms with Crippen molar-refractivity contribution < 1.29 is 9.90 Å². The molecule has 0 bridgehead atoms. The third kappa shape index (κ3) is 2.17. The van der Waals surface area contributed by atoms with Crippen LogP contribution >= 0.6 is 0 Å². The zero-order valence-corrected chi connectivity index (χ0v) is 8.37. The van der Waals surface area contributed by atoms with E-state index in [4.69, 9.17) is 10.8 Å². The van der Waals surface area contributed by atoms with Gasteiger partial charge in [-0.05, 0) is 18.2 Å². The number of nitrogens with zero attached hydrogens (tertiary/aromatic N) is 3. The summed E-state index contributed by atoms with van der Waals surface area (Å²) >= 11 is 0. The molecule has 2 rings (SSSR count). The Bertz CT molecular complexity index is 521. The molecule has 0 spiro atoms. The molecule has 2 aromatic rings. The minimum Gasteiger partial charge on any atom is -0.481 e. The summed E-state index contributed by atoms with van der Waals surface area (Å²) < 4.78 is 0. The molecule has 6 heteroatoms. The summed E-state index contributed by atoms with van der Waals surface area (Å²) in [6.45, 7) is 0. The Morgan fingerprint density at radius 1 is 1.50 bits per heavy atom. The fourth-order valence-corrected chi connectivity index (χ4v) is 1.30. The highest BCUT2D eigenvalue weighted by Gasteiger charge is 2.06. The van der Waals surface area contributed by atoms with Crippen molar-refractivity contribution in [3.8, 4) is 5.69 Å². The molecule has 0 amide bonds. The van der Waals surface area contributed by atoms with Crippen LogP contribution in [-0.2, 0) is 11.2 Å². The van der Waals surface area contributed by atoms with Crippen LogP contribution < -0.4 is 5.73 Å². The molecular weight excluding hydrogens is 208 g/mol. The topological polar surface area (TPSA) is 94.0 Å². The lowest BCUT2D eigenvalue weighted by Crippen LogP contribution is -2.03. The minimum atomic E-state index is -0.931. The zero-order valence-electron chi connectivity index (χ0n) is 8.37. The average Bonchev–Trinajstić information content (AvgIpc) is 2.65. The summed E-state index contributed by atoms with van der Waals surface area (Å²) in [5.74, 6) is -0.931. The van der Waals surface area contributed by atoms with Gasteiger partial charge in [-0.1, -0.05) is 6.07 Å². The number of rotatable bonds is 3. The van der Waals surface area contributed by atoms with E-state index in [1.807, 2.05) is 0 Å². The molecule has 16 heavy (non-hydrogen) atoms. The van der Waals surface area contributed by atoms with Gasteiger partial charge in [0.25, 0.3) is 0 Å². The first-order valence-electron chi connectivity index (χ1n) is 4.64. The molecule has 1 aromatic carbocycles. The monoisotopic (exact) mass is 218 g/mol. The molecular formula is C10H10N4O2. The lowest BCUT2D eigenvalue weighted by atomic mass is 10.3. The summed E-state index contributed by atoms with van der Waals surface area (Å²) in [4.78, 5) is 11.8. The van der Waals surface area contributed by atoms with Crippen LogP contribution in [0.4, 0.5) is 5.69 Å². The molecule has 0 saturated carbocycles. The molecule has 0 radical (unpaired) electrons. The standard InChI is InChI=1S/C10H10N4O2/c11-7-2-1-3-9(4-7)14-12-6-8(13-14)5-10(15)16/h1-4,6H,5,11H2,(H,15,16). The Morgan fingerprint density at radius 2 is 2.31 bits per heavy atom. The normalized spacial score (nSPS) is 10.2. The van der Waals surface area contributed by atoms with E-state index in [-0.39, 0.29) is 6.42 Å². The highest BCUT2D eigenvalue weighted by atomic mass is 16.4. The highest BCUT2D eigenvalue weighted by Crippen LogP contribution is 2.10. The number of hydrogen-bond acceptors (Lipinski definition) is 4. The molecule has 0 aliphatic rings. The maximum atomic E-state index is 10.5. The van der Waals surface area contributed by atoms with Crippen LogP contribution in [-0.4, -0.2) is 26.1 Å². The van der Waals surface area contributed by atoms with Gasteiger partial charge in [0.1, 0.15) is 0 Å². The molecule has 1 aromatic heterocycles. The second-order valence-electron chi connectivity index (χ2n) is 3.29. The number of aromatic nitrogens is 3. The van der Waals surface area contributed by atoms with Crippen molar-refractivity contribution in [2.45, 2.75) is 6.42 Å². The third-order valence-corrected chi connectivity index (χ3v) is 1.97. The number of benzene rings is 1. The maximum absolute atomic E-state index is 10.5. The SMILES string of the molecule is Nc1cccc(-n2ncc(CC(=O)O)n2)c1. The van der Waals surface area contributed by atoms with Crippen molar-refractivity contribution in [1.82, 2.24) is 15.0 Å². The zero-order chi connectivity index (χ0) is 11.5. The quantitative estimate of drug-likeness (QED) is 0.730. The van der Waals surface area contributed by atoms with Gasteiger partial charge >= 0.3 is 5.97 Å². The number of nitrogens with two attached hydrogens (primary N) is 1. The largest absolute Gasteiger partial charge is 0.481 e. The summed E-state index contributed by atoms with van der Waals surface area (Å²) in [5, 5.41) is 16.6. The van der Waals surface area contributed by atoms with E-state index in [1.54, 1.807) is 24.3 Å². The minimum absolute atomic E-state index is 0.137. The first-order valence-corrected chi connectivity index (χ1v) is 4.64.